The molecule has 2 aromatic carbocycles. The van der Waals surface area contributed by atoms with Gasteiger partial charge in [-0.2, -0.15) is 0 Å². The third kappa shape index (κ3) is 4.59. The van der Waals surface area contributed by atoms with Gasteiger partial charge < -0.3 is 9.67 Å². The molecular weight excluding hydrogens is 408 g/mol. The predicted octanol–water partition coefficient (Wildman–Crippen LogP) is 4.68. The van der Waals surface area contributed by atoms with E-state index >= 15 is 0 Å². The quantitative estimate of drug-likeness (QED) is 0.566. The largest absolute Gasteiger partial charge is 0.480 e. The van der Waals surface area contributed by atoms with E-state index in [1.165, 1.54) is 17.3 Å². The van der Waals surface area contributed by atoms with Crippen LogP contribution in [0.1, 0.15) is 31.0 Å². The van der Waals surface area contributed by atoms with Crippen molar-refractivity contribution < 1.29 is 18.3 Å². The molecule has 6 nitrogen and oxygen atoms in total. The van der Waals surface area contributed by atoms with Gasteiger partial charge in [0.1, 0.15) is 6.54 Å². The van der Waals surface area contributed by atoms with Crippen LogP contribution in [0.3, 0.4) is 0 Å². The first-order valence-electron chi connectivity index (χ1n) is 9.16. The monoisotopic (exact) mass is 432 g/mol. The van der Waals surface area contributed by atoms with Gasteiger partial charge >= 0.3 is 5.97 Å². The Bertz CT molecular complexity index is 1180. The smallest absolute Gasteiger partial charge is 0.323 e. The molecular formula is C21H24N2O4S2. The number of nitrogens with one attached hydrogen (secondary N) is 1. The van der Waals surface area contributed by atoms with E-state index in [-0.39, 0.29) is 6.54 Å². The fourth-order valence-electron chi connectivity index (χ4n) is 3.40. The lowest BCUT2D eigenvalue weighted by atomic mass is 10.0. The summed E-state index contributed by atoms with van der Waals surface area (Å²) in [7, 11) is -3.49. The molecule has 154 valence electrons. The molecule has 0 amide bonds. The van der Waals surface area contributed by atoms with Crippen LogP contribution in [0.4, 0.5) is 5.69 Å². The van der Waals surface area contributed by atoms with Crippen LogP contribution in [0.5, 0.6) is 0 Å². The molecule has 2 N–H and O–H groups in total. The van der Waals surface area contributed by atoms with Crippen LogP contribution in [0.2, 0.25) is 0 Å². The Morgan fingerprint density at radius 2 is 1.86 bits per heavy atom. The lowest BCUT2D eigenvalue weighted by Crippen LogP contribution is -2.10. The molecule has 0 saturated heterocycles. The van der Waals surface area contributed by atoms with Crippen molar-refractivity contribution in [3.8, 4) is 0 Å². The molecule has 3 rings (SSSR count). The fraction of sp³-hybridized carbons (Fsp3) is 0.286. The molecule has 0 atom stereocenters. The number of fused-ring (bicyclic) bond motifs is 1. The topological polar surface area (TPSA) is 88.4 Å². The number of aliphatic carboxylic acids is 1. The van der Waals surface area contributed by atoms with Gasteiger partial charge in [-0.25, -0.2) is 8.42 Å². The van der Waals surface area contributed by atoms with Crippen LogP contribution in [-0.2, 0) is 21.4 Å². The molecule has 8 heteroatoms. The molecule has 1 heterocycles. The average Bonchev–Trinajstić information content (AvgIpc) is 2.87. The second-order valence-electron chi connectivity index (χ2n) is 7.26. The minimum absolute atomic E-state index is 0.197. The van der Waals surface area contributed by atoms with Crippen LogP contribution in [0, 0.1) is 6.92 Å². The number of aromatic nitrogens is 1. The molecule has 0 fully saturated rings. The number of carbonyl (C=O) groups is 1. The second kappa shape index (κ2) is 8.12. The van der Waals surface area contributed by atoms with Crippen LogP contribution < -0.4 is 4.72 Å². The Labute approximate surface area is 175 Å². The van der Waals surface area contributed by atoms with E-state index in [9.17, 15) is 18.3 Å². The zero-order chi connectivity index (χ0) is 21.3. The number of hydrogen-bond acceptors (Lipinski definition) is 4. The van der Waals surface area contributed by atoms with Crippen LogP contribution >= 0.6 is 11.8 Å². The maximum absolute atomic E-state index is 11.9. The summed E-state index contributed by atoms with van der Waals surface area (Å²) >= 11 is 1.54. The number of anilines is 1. The van der Waals surface area contributed by atoms with Gasteiger partial charge in [0.15, 0.2) is 0 Å². The van der Waals surface area contributed by atoms with Crippen molar-refractivity contribution in [3.05, 3.63) is 53.7 Å². The van der Waals surface area contributed by atoms with Gasteiger partial charge in [-0.15, -0.1) is 0 Å². The molecule has 0 unspecified atom stereocenters. The molecule has 0 aliphatic rings. The number of carboxylic acids is 1. The maximum atomic E-state index is 11.9. The van der Waals surface area contributed by atoms with Gasteiger partial charge in [0.05, 0.1) is 17.5 Å². The summed E-state index contributed by atoms with van der Waals surface area (Å²) in [6.07, 6.45) is 1.10. The van der Waals surface area contributed by atoms with Crippen molar-refractivity contribution in [2.75, 3.05) is 11.0 Å². The van der Waals surface area contributed by atoms with Gasteiger partial charge in [-0.05, 0) is 36.6 Å². The van der Waals surface area contributed by atoms with Gasteiger partial charge in [0, 0.05) is 20.9 Å². The number of rotatable bonds is 7. The van der Waals surface area contributed by atoms with E-state index in [4.69, 9.17) is 0 Å². The molecule has 0 spiro atoms. The highest BCUT2D eigenvalue weighted by Gasteiger charge is 2.21. The van der Waals surface area contributed by atoms with Crippen molar-refractivity contribution in [2.45, 2.75) is 43.0 Å². The Morgan fingerprint density at radius 3 is 2.48 bits per heavy atom. The maximum Gasteiger partial charge on any atom is 0.323 e. The highest BCUT2D eigenvalue weighted by Crippen LogP contribution is 2.43. The molecule has 0 bridgehead atoms. The molecule has 0 aliphatic carbocycles. The minimum atomic E-state index is -3.49. The van der Waals surface area contributed by atoms with Crippen LogP contribution in [0.15, 0.2) is 52.3 Å². The van der Waals surface area contributed by atoms with Crippen molar-refractivity contribution in [1.82, 2.24) is 4.57 Å². The zero-order valence-electron chi connectivity index (χ0n) is 16.8. The summed E-state index contributed by atoms with van der Waals surface area (Å²) < 4.78 is 28.1. The number of nitrogens with zero attached hydrogens (tertiary/aromatic N) is 1. The SMILES string of the molecule is Cc1c(Sc2ccccc2C(C)C)c2c(NS(C)(=O)=O)cccc2n1CC(=O)O. The summed E-state index contributed by atoms with van der Waals surface area (Å²) in [6, 6.07) is 13.3. The number of hydrogen-bond donors (Lipinski definition) is 2. The van der Waals surface area contributed by atoms with E-state index in [1.807, 2.05) is 31.2 Å². The van der Waals surface area contributed by atoms with Crippen molar-refractivity contribution >= 4 is 44.3 Å². The number of sulfonamides is 1. The normalized spacial score (nSPS) is 11.9. The first-order valence-corrected chi connectivity index (χ1v) is 11.9. The molecule has 0 radical (unpaired) electrons. The zero-order valence-corrected chi connectivity index (χ0v) is 18.4. The Morgan fingerprint density at radius 1 is 1.17 bits per heavy atom. The number of carboxylic acid groups (broad SMARTS) is 1. The molecule has 3 aromatic rings. The third-order valence-corrected chi connectivity index (χ3v) is 6.52. The third-order valence-electron chi connectivity index (χ3n) is 4.64. The standard InChI is InChI=1S/C21H24N2O4S2/c1-13(2)15-8-5-6-11-18(15)28-21-14(3)23(12-19(24)25)17-10-7-9-16(20(17)21)22-29(4,26)27/h5-11,13,22H,12H2,1-4H3,(H,24,25). The Balaban J connectivity index is 2.27. The van der Waals surface area contributed by atoms with E-state index in [2.05, 4.69) is 24.6 Å². The van der Waals surface area contributed by atoms with Gasteiger partial charge in [-0.3, -0.25) is 9.52 Å². The van der Waals surface area contributed by atoms with Gasteiger partial charge in [0.25, 0.3) is 0 Å². The Kier molecular flexibility index (Phi) is 5.95. The lowest BCUT2D eigenvalue weighted by Gasteiger charge is -2.13. The van der Waals surface area contributed by atoms with Crippen LogP contribution in [-0.4, -0.2) is 30.3 Å². The molecule has 29 heavy (non-hydrogen) atoms. The highest BCUT2D eigenvalue weighted by atomic mass is 32.2. The van der Waals surface area contributed by atoms with Gasteiger partial charge in [-0.1, -0.05) is 49.9 Å². The van der Waals surface area contributed by atoms with E-state index < -0.39 is 16.0 Å². The summed E-state index contributed by atoms with van der Waals surface area (Å²) in [4.78, 5) is 13.4. The fourth-order valence-corrected chi connectivity index (χ4v) is 5.33. The Hall–Kier alpha value is -2.45. The van der Waals surface area contributed by atoms with E-state index in [0.29, 0.717) is 22.5 Å². The number of benzene rings is 2. The second-order valence-corrected chi connectivity index (χ2v) is 10.1. The first kappa shape index (κ1) is 21.3. The highest BCUT2D eigenvalue weighted by molar-refractivity contribution is 7.99. The summed E-state index contributed by atoms with van der Waals surface area (Å²) in [5.74, 6) is -0.634. The lowest BCUT2D eigenvalue weighted by molar-refractivity contribution is -0.137. The van der Waals surface area contributed by atoms with E-state index in [0.717, 1.165) is 21.7 Å². The summed E-state index contributed by atoms with van der Waals surface area (Å²) in [6.45, 7) is 5.91. The van der Waals surface area contributed by atoms with E-state index in [1.54, 1.807) is 16.7 Å². The van der Waals surface area contributed by atoms with Crippen molar-refractivity contribution in [1.29, 1.82) is 0 Å². The predicted molar refractivity (Wildman–Crippen MR) is 117 cm³/mol. The summed E-state index contributed by atoms with van der Waals surface area (Å²) in [5, 5.41) is 10.1. The van der Waals surface area contributed by atoms with Crippen molar-refractivity contribution in [3.63, 3.8) is 0 Å². The molecule has 0 aliphatic heterocycles. The molecule has 1 aromatic heterocycles. The summed E-state index contributed by atoms with van der Waals surface area (Å²) in [5.41, 5.74) is 3.10. The minimum Gasteiger partial charge on any atom is -0.480 e. The van der Waals surface area contributed by atoms with Crippen LogP contribution in [0.25, 0.3) is 10.9 Å². The first-order chi connectivity index (χ1) is 13.6. The van der Waals surface area contributed by atoms with Crippen molar-refractivity contribution in [2.24, 2.45) is 0 Å². The molecule has 0 saturated carbocycles. The van der Waals surface area contributed by atoms with Gasteiger partial charge in [0.2, 0.25) is 10.0 Å². The average molecular weight is 433 g/mol.